The van der Waals surface area contributed by atoms with Gasteiger partial charge in [-0.15, -0.1) is 46.2 Å². The average molecular weight is 423 g/mol. The van der Waals surface area contributed by atoms with E-state index in [0.29, 0.717) is 0 Å². The van der Waals surface area contributed by atoms with E-state index >= 15 is 0 Å². The minimum Gasteiger partial charge on any atom is -0.192 e. The summed E-state index contributed by atoms with van der Waals surface area (Å²) >= 11 is 10.6. The largest absolute Gasteiger partial charge is 0.192 e. The van der Waals surface area contributed by atoms with Crippen LogP contribution >= 0.6 is 69.7 Å². The lowest BCUT2D eigenvalue weighted by molar-refractivity contribution is 1.51. The maximum Gasteiger partial charge on any atom is 0.146 e. The van der Waals surface area contributed by atoms with E-state index in [-0.39, 0.29) is 5.57 Å². The third-order valence-corrected chi connectivity index (χ3v) is 11.0. The van der Waals surface area contributed by atoms with Crippen molar-refractivity contribution in [3.63, 3.8) is 0 Å². The van der Waals surface area contributed by atoms with Crippen LogP contribution in [0.15, 0.2) is 32.7 Å². The van der Waals surface area contributed by atoms with Gasteiger partial charge in [-0.1, -0.05) is 23.5 Å². The Balaban J connectivity index is 2.11. The van der Waals surface area contributed by atoms with Gasteiger partial charge >= 0.3 is 0 Å². The van der Waals surface area contributed by atoms with Gasteiger partial charge in [0.15, 0.2) is 0 Å². The summed E-state index contributed by atoms with van der Waals surface area (Å²) in [4.78, 5) is 0. The molecular formula is C16H10N2S6. The molecule has 120 valence electrons. The van der Waals surface area contributed by atoms with Crippen LogP contribution in [0.4, 0.5) is 0 Å². The molecule has 0 fully saturated rings. The van der Waals surface area contributed by atoms with Crippen LogP contribution < -0.4 is 9.06 Å². The first-order valence-electron chi connectivity index (χ1n) is 6.63. The molecule has 0 spiro atoms. The van der Waals surface area contributed by atoms with Gasteiger partial charge in [0.05, 0.1) is 17.2 Å². The summed E-state index contributed by atoms with van der Waals surface area (Å²) in [6.45, 7) is 0. The first kappa shape index (κ1) is 18.1. The van der Waals surface area contributed by atoms with E-state index in [1.54, 1.807) is 34.9 Å². The number of nitrogens with zero attached hydrogens (tertiary/aromatic N) is 2. The van der Waals surface area contributed by atoms with E-state index < -0.39 is 0 Å². The predicted octanol–water partition coefficient (Wildman–Crippen LogP) is 4.69. The van der Waals surface area contributed by atoms with Crippen LogP contribution in [-0.2, 0) is 0 Å². The Morgan fingerprint density at radius 3 is 1.96 bits per heavy atom. The zero-order chi connectivity index (χ0) is 17.1. The molecule has 8 heteroatoms. The standard InChI is InChI=1S/C16H10N2S6/c1-19-15-16(20-2)24-14(23-15)13-6-5-12(22-13)11-4-3-10(21-11)9(7-17)8-18/h3-6H,1-2H3. The number of hydrogen-bond acceptors (Lipinski definition) is 8. The molecule has 0 N–H and O–H groups in total. The van der Waals surface area contributed by atoms with Crippen molar-refractivity contribution in [3.05, 3.63) is 50.9 Å². The SMILES string of the molecule is CSC1=C(SC)SC(=c2ccc(=c3ccc(=C(C#N)C#N)s3)s2)S1. The number of thioether (sulfide) groups is 4. The zero-order valence-electron chi connectivity index (χ0n) is 12.7. The van der Waals surface area contributed by atoms with Gasteiger partial charge in [-0.05, 0) is 36.8 Å². The van der Waals surface area contributed by atoms with E-state index in [4.69, 9.17) is 10.5 Å². The molecule has 0 saturated carbocycles. The summed E-state index contributed by atoms with van der Waals surface area (Å²) in [7, 11) is 0. The first-order valence-corrected chi connectivity index (χ1v) is 12.3. The number of thiophene rings is 2. The van der Waals surface area contributed by atoms with Crippen LogP contribution in [0.2, 0.25) is 0 Å². The van der Waals surface area contributed by atoms with Crippen molar-refractivity contribution < 1.29 is 0 Å². The molecule has 0 saturated heterocycles. The second-order valence-electron chi connectivity index (χ2n) is 4.40. The van der Waals surface area contributed by atoms with Gasteiger partial charge in [0.2, 0.25) is 0 Å². The quantitative estimate of drug-likeness (QED) is 0.699. The zero-order valence-corrected chi connectivity index (χ0v) is 17.6. The summed E-state index contributed by atoms with van der Waals surface area (Å²) in [6.07, 6.45) is 4.24. The highest BCUT2D eigenvalue weighted by Crippen LogP contribution is 2.56. The molecule has 0 amide bonds. The summed E-state index contributed by atoms with van der Waals surface area (Å²) in [5, 5.41) is 18.0. The molecule has 0 unspecified atom stereocenters. The Kier molecular flexibility index (Phi) is 6.09. The molecule has 2 nitrogen and oxygen atoms in total. The van der Waals surface area contributed by atoms with Gasteiger partial charge in [0.25, 0.3) is 0 Å². The van der Waals surface area contributed by atoms with E-state index in [2.05, 4.69) is 24.6 Å². The van der Waals surface area contributed by atoms with Crippen molar-refractivity contribution in [2.45, 2.75) is 0 Å². The van der Waals surface area contributed by atoms with Gasteiger partial charge < -0.3 is 0 Å². The van der Waals surface area contributed by atoms with E-state index in [0.717, 1.165) is 9.06 Å². The second kappa shape index (κ2) is 8.09. The number of rotatable bonds is 2. The van der Waals surface area contributed by atoms with Gasteiger partial charge in [-0.3, -0.25) is 0 Å². The van der Waals surface area contributed by atoms with Crippen LogP contribution in [0.1, 0.15) is 0 Å². The van der Waals surface area contributed by atoms with Gasteiger partial charge in [0, 0.05) is 13.6 Å². The molecule has 0 aliphatic carbocycles. The van der Waals surface area contributed by atoms with E-state index in [9.17, 15) is 0 Å². The average Bonchev–Trinajstić information content (AvgIpc) is 3.33. The first-order chi connectivity index (χ1) is 11.7. The Morgan fingerprint density at radius 2 is 1.38 bits per heavy atom. The smallest absolute Gasteiger partial charge is 0.146 e. The third-order valence-electron chi connectivity index (χ3n) is 3.03. The van der Waals surface area contributed by atoms with Crippen molar-refractivity contribution in [1.82, 2.24) is 0 Å². The van der Waals surface area contributed by atoms with Crippen molar-refractivity contribution in [2.75, 3.05) is 12.5 Å². The monoisotopic (exact) mass is 422 g/mol. The molecule has 1 aliphatic heterocycles. The Labute approximate surface area is 164 Å². The van der Waals surface area contributed by atoms with Crippen LogP contribution in [0.25, 0.3) is 9.81 Å². The molecule has 2 aromatic heterocycles. The Morgan fingerprint density at radius 1 is 0.833 bits per heavy atom. The lowest BCUT2D eigenvalue weighted by Gasteiger charge is -1.94. The summed E-state index contributed by atoms with van der Waals surface area (Å²) in [6, 6.07) is 12.0. The lowest BCUT2D eigenvalue weighted by atomic mass is 10.3. The number of hydrogen-bond donors (Lipinski definition) is 0. The maximum atomic E-state index is 8.99. The molecule has 24 heavy (non-hydrogen) atoms. The van der Waals surface area contributed by atoms with E-state index in [1.165, 1.54) is 33.1 Å². The topological polar surface area (TPSA) is 47.6 Å². The van der Waals surface area contributed by atoms with Gasteiger partial charge in [-0.25, -0.2) is 0 Å². The second-order valence-corrected chi connectivity index (χ2v) is 11.0. The molecule has 0 radical (unpaired) electrons. The molecular weight excluding hydrogens is 413 g/mol. The minimum absolute atomic E-state index is 0.178. The molecule has 0 bridgehead atoms. The van der Waals surface area contributed by atoms with Gasteiger partial charge in [0.1, 0.15) is 17.7 Å². The Hall–Kier alpha value is -0.740. The summed E-state index contributed by atoms with van der Waals surface area (Å²) < 4.78 is 8.36. The fraction of sp³-hybridized carbons (Fsp3) is 0.125. The number of nitriles is 2. The highest BCUT2D eigenvalue weighted by molar-refractivity contribution is 8.45. The fourth-order valence-corrected chi connectivity index (χ4v) is 9.15. The lowest BCUT2D eigenvalue weighted by Crippen LogP contribution is -1.93. The van der Waals surface area contributed by atoms with Crippen molar-refractivity contribution in [3.8, 4) is 12.1 Å². The van der Waals surface area contributed by atoms with Crippen LogP contribution in [0.3, 0.4) is 0 Å². The third kappa shape index (κ3) is 3.60. The maximum absolute atomic E-state index is 8.99. The molecule has 3 heterocycles. The highest BCUT2D eigenvalue weighted by atomic mass is 32.3. The Bertz CT molecular complexity index is 1070. The van der Waals surface area contributed by atoms with Gasteiger partial charge in [-0.2, -0.15) is 10.5 Å². The molecule has 0 atom stereocenters. The van der Waals surface area contributed by atoms with Crippen molar-refractivity contribution in [2.24, 2.45) is 0 Å². The molecule has 1 aliphatic rings. The van der Waals surface area contributed by atoms with Crippen LogP contribution in [0.5, 0.6) is 0 Å². The van der Waals surface area contributed by atoms with Crippen molar-refractivity contribution >= 4 is 79.5 Å². The summed E-state index contributed by atoms with van der Waals surface area (Å²) in [5.41, 5.74) is 0.178. The molecule has 3 rings (SSSR count). The van der Waals surface area contributed by atoms with Crippen LogP contribution in [-0.4, -0.2) is 12.5 Å². The molecule has 0 aromatic carbocycles. The van der Waals surface area contributed by atoms with Crippen molar-refractivity contribution in [1.29, 1.82) is 10.5 Å². The normalized spacial score (nSPS) is 15.4. The van der Waals surface area contributed by atoms with Crippen LogP contribution in [0, 0.1) is 31.7 Å². The minimum atomic E-state index is 0.178. The fourth-order valence-electron chi connectivity index (χ4n) is 1.94. The predicted molar refractivity (Wildman–Crippen MR) is 113 cm³/mol. The van der Waals surface area contributed by atoms with E-state index in [1.807, 2.05) is 47.8 Å². The summed E-state index contributed by atoms with van der Waals surface area (Å²) in [5.74, 6) is 0. The highest BCUT2D eigenvalue weighted by Gasteiger charge is 2.20. The molecule has 2 aromatic rings.